The molecule has 0 bridgehead atoms. The first kappa shape index (κ1) is 21.9. The summed E-state index contributed by atoms with van der Waals surface area (Å²) >= 11 is 3.01. The third kappa shape index (κ3) is 5.13. The number of rotatable bonds is 8. The number of hydrogen-bond acceptors (Lipinski definition) is 7. The molecule has 2 aromatic heterocycles. The Kier molecular flexibility index (Phi) is 6.99. The van der Waals surface area contributed by atoms with Crippen LogP contribution in [0.5, 0.6) is 0 Å². The van der Waals surface area contributed by atoms with E-state index < -0.39 is 0 Å². The Balaban J connectivity index is 1.54. The van der Waals surface area contributed by atoms with E-state index in [1.165, 1.54) is 23.5 Å². The Morgan fingerprint density at radius 1 is 1.35 bits per heavy atom. The van der Waals surface area contributed by atoms with E-state index in [1.54, 1.807) is 35.7 Å². The van der Waals surface area contributed by atoms with Gasteiger partial charge in [-0.05, 0) is 44.0 Å². The molecule has 3 aromatic rings. The molecule has 7 nitrogen and oxygen atoms in total. The molecule has 164 valence electrons. The zero-order valence-electron chi connectivity index (χ0n) is 17.5. The van der Waals surface area contributed by atoms with Crippen molar-refractivity contribution in [3.63, 3.8) is 0 Å². The van der Waals surface area contributed by atoms with Gasteiger partial charge in [0.05, 0.1) is 18.3 Å². The highest BCUT2D eigenvalue weighted by Crippen LogP contribution is 2.30. The van der Waals surface area contributed by atoms with E-state index >= 15 is 0 Å². The van der Waals surface area contributed by atoms with Crippen molar-refractivity contribution in [2.75, 3.05) is 18.1 Å². The fourth-order valence-electron chi connectivity index (χ4n) is 3.48. The van der Waals surface area contributed by atoms with Crippen molar-refractivity contribution < 1.29 is 13.9 Å². The van der Waals surface area contributed by atoms with E-state index in [1.807, 2.05) is 12.3 Å². The van der Waals surface area contributed by atoms with Crippen LogP contribution in [0.3, 0.4) is 0 Å². The molecule has 1 amide bonds. The molecular weight excluding hydrogens is 437 g/mol. The summed E-state index contributed by atoms with van der Waals surface area (Å²) in [6.07, 6.45) is 2.17. The second kappa shape index (κ2) is 9.88. The maximum Gasteiger partial charge on any atom is 0.225 e. The Bertz CT molecular complexity index is 1030. The highest BCUT2D eigenvalue weighted by Gasteiger charge is 2.22. The number of aromatic nitrogens is 4. The van der Waals surface area contributed by atoms with E-state index in [9.17, 15) is 9.18 Å². The van der Waals surface area contributed by atoms with Gasteiger partial charge < -0.3 is 4.74 Å². The standard InChI is InChI=1S/C21H24FN5O2S2/c1-3-26(14(2)28)20-23-17(12-30-20)13-31-21-25-24-19(15-6-8-16(22)9-7-15)27(21)11-18-5-4-10-29-18/h6-9,12,18H,3-5,10-11,13H2,1-2H3. The van der Waals surface area contributed by atoms with Crippen molar-refractivity contribution >= 4 is 34.1 Å². The van der Waals surface area contributed by atoms with Crippen molar-refractivity contribution in [2.45, 2.75) is 50.2 Å². The van der Waals surface area contributed by atoms with Gasteiger partial charge in [-0.25, -0.2) is 9.37 Å². The minimum absolute atomic E-state index is 0.0173. The van der Waals surface area contributed by atoms with E-state index in [0.717, 1.165) is 35.9 Å². The predicted molar refractivity (Wildman–Crippen MR) is 120 cm³/mol. The molecule has 0 radical (unpaired) electrons. The summed E-state index contributed by atoms with van der Waals surface area (Å²) in [5.41, 5.74) is 1.70. The molecule has 0 N–H and O–H groups in total. The van der Waals surface area contributed by atoms with Gasteiger partial charge in [0, 0.05) is 36.8 Å². The Hall–Kier alpha value is -2.30. The molecule has 1 saturated heterocycles. The van der Waals surface area contributed by atoms with Crippen molar-refractivity contribution in [3.8, 4) is 11.4 Å². The Morgan fingerprint density at radius 2 is 2.16 bits per heavy atom. The van der Waals surface area contributed by atoms with E-state index in [0.29, 0.717) is 29.8 Å². The smallest absolute Gasteiger partial charge is 0.225 e. The highest BCUT2D eigenvalue weighted by atomic mass is 32.2. The number of nitrogens with zero attached hydrogens (tertiary/aromatic N) is 5. The molecule has 0 spiro atoms. The first-order chi connectivity index (χ1) is 15.0. The lowest BCUT2D eigenvalue weighted by Crippen LogP contribution is -2.27. The number of carbonyl (C=O) groups excluding carboxylic acids is 1. The van der Waals surface area contributed by atoms with Crippen molar-refractivity contribution in [3.05, 3.63) is 41.2 Å². The summed E-state index contributed by atoms with van der Waals surface area (Å²) in [5, 5.41) is 12.2. The molecule has 1 atom stereocenters. The first-order valence-electron chi connectivity index (χ1n) is 10.2. The summed E-state index contributed by atoms with van der Waals surface area (Å²) in [6, 6.07) is 6.29. The largest absolute Gasteiger partial charge is 0.376 e. The van der Waals surface area contributed by atoms with Crippen LogP contribution >= 0.6 is 23.1 Å². The molecule has 1 aliphatic rings. The fourth-order valence-corrected chi connectivity index (χ4v) is 5.36. The van der Waals surface area contributed by atoms with Crippen LogP contribution in [-0.2, 0) is 21.8 Å². The number of thiazole rings is 1. The number of benzene rings is 1. The third-order valence-corrected chi connectivity index (χ3v) is 6.96. The maximum absolute atomic E-state index is 13.4. The van der Waals surface area contributed by atoms with Crippen LogP contribution in [0.1, 0.15) is 32.4 Å². The molecule has 1 aliphatic heterocycles. The average Bonchev–Trinajstić information content (AvgIpc) is 3.50. The number of ether oxygens (including phenoxy) is 1. The van der Waals surface area contributed by atoms with Crippen LogP contribution in [0.2, 0.25) is 0 Å². The molecule has 0 saturated carbocycles. The number of thioether (sulfide) groups is 1. The van der Waals surface area contributed by atoms with Crippen LogP contribution < -0.4 is 4.90 Å². The molecular formula is C21H24FN5O2S2. The summed E-state index contributed by atoms with van der Waals surface area (Å²) in [4.78, 5) is 18.0. The van der Waals surface area contributed by atoms with Crippen LogP contribution in [0, 0.1) is 5.82 Å². The topological polar surface area (TPSA) is 73.1 Å². The van der Waals surface area contributed by atoms with E-state index in [-0.39, 0.29) is 17.8 Å². The number of halogens is 1. The van der Waals surface area contributed by atoms with Crippen LogP contribution in [0.15, 0.2) is 34.8 Å². The molecule has 31 heavy (non-hydrogen) atoms. The van der Waals surface area contributed by atoms with Crippen molar-refractivity contribution in [1.82, 2.24) is 19.7 Å². The normalized spacial score (nSPS) is 16.0. The summed E-state index contributed by atoms with van der Waals surface area (Å²) in [5.74, 6) is 1.01. The van der Waals surface area contributed by atoms with Gasteiger partial charge >= 0.3 is 0 Å². The van der Waals surface area contributed by atoms with Crippen molar-refractivity contribution in [1.29, 1.82) is 0 Å². The van der Waals surface area contributed by atoms with Gasteiger partial charge in [0.25, 0.3) is 0 Å². The van der Waals surface area contributed by atoms with E-state index in [2.05, 4.69) is 19.7 Å². The lowest BCUT2D eigenvalue weighted by molar-refractivity contribution is -0.116. The van der Waals surface area contributed by atoms with Gasteiger partial charge in [-0.1, -0.05) is 11.8 Å². The first-order valence-corrected chi connectivity index (χ1v) is 12.1. The number of anilines is 1. The van der Waals surface area contributed by atoms with Gasteiger partial charge in [0.2, 0.25) is 5.91 Å². The lowest BCUT2D eigenvalue weighted by Gasteiger charge is -2.15. The van der Waals surface area contributed by atoms with Crippen LogP contribution in [0.4, 0.5) is 9.52 Å². The van der Waals surface area contributed by atoms with Gasteiger partial charge in [-0.2, -0.15) is 0 Å². The number of amides is 1. The quantitative estimate of drug-likeness (QED) is 0.464. The summed E-state index contributed by atoms with van der Waals surface area (Å²) in [6.45, 7) is 5.49. The Labute approximate surface area is 188 Å². The molecule has 1 aromatic carbocycles. The third-order valence-electron chi connectivity index (χ3n) is 5.05. The van der Waals surface area contributed by atoms with Gasteiger partial charge in [-0.15, -0.1) is 21.5 Å². The predicted octanol–water partition coefficient (Wildman–Crippen LogP) is 4.38. The molecule has 0 aliphatic carbocycles. The molecule has 1 fully saturated rings. The zero-order valence-corrected chi connectivity index (χ0v) is 19.1. The average molecular weight is 462 g/mol. The van der Waals surface area contributed by atoms with Crippen LogP contribution in [-0.4, -0.2) is 44.9 Å². The number of hydrogen-bond donors (Lipinski definition) is 0. The summed E-state index contributed by atoms with van der Waals surface area (Å²) in [7, 11) is 0. The fraction of sp³-hybridized carbons (Fsp3) is 0.429. The summed E-state index contributed by atoms with van der Waals surface area (Å²) < 4.78 is 21.3. The monoisotopic (exact) mass is 461 g/mol. The van der Waals surface area contributed by atoms with Gasteiger partial charge in [0.1, 0.15) is 5.82 Å². The minimum atomic E-state index is -0.283. The van der Waals surface area contributed by atoms with Gasteiger partial charge in [0.15, 0.2) is 16.1 Å². The molecule has 3 heterocycles. The maximum atomic E-state index is 13.4. The molecule has 4 rings (SSSR count). The second-order valence-corrected chi connectivity index (χ2v) is 9.01. The second-order valence-electron chi connectivity index (χ2n) is 7.23. The molecule has 1 unspecified atom stereocenters. The zero-order chi connectivity index (χ0) is 21.8. The highest BCUT2D eigenvalue weighted by molar-refractivity contribution is 7.98. The minimum Gasteiger partial charge on any atom is -0.376 e. The number of carbonyl (C=O) groups is 1. The van der Waals surface area contributed by atoms with Crippen LogP contribution in [0.25, 0.3) is 11.4 Å². The van der Waals surface area contributed by atoms with Gasteiger partial charge in [-0.3, -0.25) is 14.3 Å². The molecule has 10 heteroatoms. The lowest BCUT2D eigenvalue weighted by atomic mass is 10.2. The van der Waals surface area contributed by atoms with Crippen molar-refractivity contribution in [2.24, 2.45) is 0 Å². The Morgan fingerprint density at radius 3 is 2.84 bits per heavy atom. The SMILES string of the molecule is CCN(C(C)=O)c1nc(CSc2nnc(-c3ccc(F)cc3)n2CC2CCCO2)cs1. The van der Waals surface area contributed by atoms with E-state index in [4.69, 9.17) is 4.74 Å².